The minimum Gasteiger partial charge on any atom is -0.439 e. The normalized spacial score (nSPS) is 10.6. The Balaban J connectivity index is 2.18. The Kier molecular flexibility index (Phi) is 5.38. The van der Waals surface area contributed by atoms with Crippen molar-refractivity contribution in [1.29, 1.82) is 0 Å². The molecule has 2 aromatic rings. The molecule has 0 aliphatic rings. The largest absolute Gasteiger partial charge is 0.439 e. The van der Waals surface area contributed by atoms with Gasteiger partial charge in [-0.05, 0) is 43.1 Å². The summed E-state index contributed by atoms with van der Waals surface area (Å²) in [7, 11) is 0. The number of benzene rings is 1. The summed E-state index contributed by atoms with van der Waals surface area (Å²) < 4.78 is 19.0. The third-order valence-corrected chi connectivity index (χ3v) is 3.47. The summed E-state index contributed by atoms with van der Waals surface area (Å²) >= 11 is 1.67. The maximum atomic E-state index is 13.3. The van der Waals surface area contributed by atoms with Gasteiger partial charge in [0.1, 0.15) is 11.6 Å². The fourth-order valence-electron chi connectivity index (χ4n) is 1.70. The third kappa shape index (κ3) is 3.95. The monoisotopic (exact) mass is 292 g/mol. The topological polar surface area (TPSA) is 34.2 Å². The predicted octanol–water partition coefficient (Wildman–Crippen LogP) is 3.84. The Morgan fingerprint density at radius 3 is 2.70 bits per heavy atom. The Labute approximate surface area is 122 Å². The number of hydrogen-bond acceptors (Lipinski definition) is 4. The highest BCUT2D eigenvalue weighted by atomic mass is 32.2. The van der Waals surface area contributed by atoms with Crippen molar-refractivity contribution in [3.63, 3.8) is 0 Å². The molecule has 0 radical (unpaired) electrons. The summed E-state index contributed by atoms with van der Waals surface area (Å²) in [5.41, 5.74) is 0.709. The van der Waals surface area contributed by atoms with Crippen molar-refractivity contribution in [1.82, 2.24) is 10.3 Å². The van der Waals surface area contributed by atoms with Gasteiger partial charge in [0, 0.05) is 17.0 Å². The van der Waals surface area contributed by atoms with Gasteiger partial charge in [0.05, 0.1) is 6.20 Å². The van der Waals surface area contributed by atoms with E-state index >= 15 is 0 Å². The molecule has 20 heavy (non-hydrogen) atoms. The molecule has 1 N–H and O–H groups in total. The fourth-order valence-corrected chi connectivity index (χ4v) is 2.11. The predicted molar refractivity (Wildman–Crippen MR) is 79.9 cm³/mol. The zero-order valence-corrected chi connectivity index (χ0v) is 12.3. The summed E-state index contributed by atoms with van der Waals surface area (Å²) in [6.07, 6.45) is 3.19. The highest BCUT2D eigenvalue weighted by Crippen LogP contribution is 2.25. The van der Waals surface area contributed by atoms with Crippen LogP contribution in [-0.4, -0.2) is 17.8 Å². The lowest BCUT2D eigenvalue weighted by Gasteiger charge is -2.10. The molecule has 2 rings (SSSR count). The van der Waals surface area contributed by atoms with Gasteiger partial charge in [-0.2, -0.15) is 0 Å². The van der Waals surface area contributed by atoms with Crippen LogP contribution in [0.15, 0.2) is 41.4 Å². The van der Waals surface area contributed by atoms with Gasteiger partial charge in [-0.3, -0.25) is 0 Å². The minimum atomic E-state index is -0.358. The second kappa shape index (κ2) is 7.26. The first-order valence-corrected chi connectivity index (χ1v) is 7.62. The molecular formula is C15H17FN2OS. The number of ether oxygens (including phenoxy) is 1. The lowest BCUT2D eigenvalue weighted by molar-refractivity contribution is 0.448. The second-order valence-corrected chi connectivity index (χ2v) is 5.06. The van der Waals surface area contributed by atoms with E-state index in [0.29, 0.717) is 23.7 Å². The Bertz CT molecular complexity index is 560. The molecule has 0 saturated carbocycles. The highest BCUT2D eigenvalue weighted by Gasteiger charge is 2.08. The molecule has 1 aromatic carbocycles. The number of nitrogens with one attached hydrogen (secondary N) is 1. The Morgan fingerprint density at radius 1 is 1.30 bits per heavy atom. The third-order valence-electron chi connectivity index (χ3n) is 2.73. The molecule has 0 atom stereocenters. The molecule has 1 heterocycles. The summed E-state index contributed by atoms with van der Waals surface area (Å²) in [5.74, 6) is 0.770. The molecule has 0 amide bonds. The van der Waals surface area contributed by atoms with Crippen molar-refractivity contribution in [3.8, 4) is 11.6 Å². The fraction of sp³-hybridized carbons (Fsp3) is 0.267. The van der Waals surface area contributed by atoms with Crippen LogP contribution in [0.2, 0.25) is 0 Å². The van der Waals surface area contributed by atoms with E-state index < -0.39 is 0 Å². The number of pyridine rings is 1. The van der Waals surface area contributed by atoms with Gasteiger partial charge in [-0.1, -0.05) is 6.92 Å². The number of rotatable bonds is 6. The van der Waals surface area contributed by atoms with Crippen molar-refractivity contribution in [2.24, 2.45) is 0 Å². The first-order valence-electron chi connectivity index (χ1n) is 6.40. The molecular weight excluding hydrogens is 275 g/mol. The van der Waals surface area contributed by atoms with Gasteiger partial charge in [-0.15, -0.1) is 11.8 Å². The maximum absolute atomic E-state index is 13.3. The molecule has 0 spiro atoms. The van der Waals surface area contributed by atoms with Crippen LogP contribution in [0.1, 0.15) is 12.5 Å². The molecule has 0 unspecified atom stereocenters. The first-order chi connectivity index (χ1) is 9.72. The zero-order chi connectivity index (χ0) is 14.4. The average molecular weight is 292 g/mol. The zero-order valence-electron chi connectivity index (χ0n) is 11.5. The van der Waals surface area contributed by atoms with E-state index in [1.807, 2.05) is 37.4 Å². The summed E-state index contributed by atoms with van der Waals surface area (Å²) in [6, 6.07) is 9.17. The standard InChI is InChI=1S/C15H17FN2OS/c1-3-17-9-11-8-12(16)10-18-15(11)19-13-4-6-14(20-2)7-5-13/h4-8,10,17H,3,9H2,1-2H3. The molecule has 0 bridgehead atoms. The first kappa shape index (κ1) is 14.8. The molecule has 106 valence electrons. The van der Waals surface area contributed by atoms with Crippen LogP contribution in [0.25, 0.3) is 0 Å². The molecule has 5 heteroatoms. The minimum absolute atomic E-state index is 0.358. The number of hydrogen-bond donors (Lipinski definition) is 1. The molecule has 0 fully saturated rings. The maximum Gasteiger partial charge on any atom is 0.223 e. The highest BCUT2D eigenvalue weighted by molar-refractivity contribution is 7.98. The van der Waals surface area contributed by atoms with Crippen LogP contribution >= 0.6 is 11.8 Å². The van der Waals surface area contributed by atoms with Crippen LogP contribution in [0.4, 0.5) is 4.39 Å². The number of thioether (sulfide) groups is 1. The smallest absolute Gasteiger partial charge is 0.223 e. The van der Waals surface area contributed by atoms with Crippen LogP contribution in [0.5, 0.6) is 11.6 Å². The number of nitrogens with zero attached hydrogens (tertiary/aromatic N) is 1. The van der Waals surface area contributed by atoms with Crippen molar-refractivity contribution < 1.29 is 9.13 Å². The molecule has 0 aliphatic carbocycles. The summed E-state index contributed by atoms with van der Waals surface area (Å²) in [5, 5.41) is 3.15. The van der Waals surface area contributed by atoms with Crippen molar-refractivity contribution in [3.05, 3.63) is 47.9 Å². The molecule has 0 saturated heterocycles. The molecule has 0 aliphatic heterocycles. The average Bonchev–Trinajstić information content (AvgIpc) is 2.48. The van der Waals surface area contributed by atoms with Crippen molar-refractivity contribution in [2.75, 3.05) is 12.8 Å². The molecule has 3 nitrogen and oxygen atoms in total. The van der Waals surface area contributed by atoms with Gasteiger partial charge in [0.2, 0.25) is 5.88 Å². The van der Waals surface area contributed by atoms with E-state index in [1.165, 1.54) is 12.3 Å². The summed E-state index contributed by atoms with van der Waals surface area (Å²) in [6.45, 7) is 3.33. The van der Waals surface area contributed by atoms with E-state index in [2.05, 4.69) is 10.3 Å². The summed E-state index contributed by atoms with van der Waals surface area (Å²) in [4.78, 5) is 5.19. The molecule has 1 aromatic heterocycles. The van der Waals surface area contributed by atoms with E-state index in [1.54, 1.807) is 11.8 Å². The van der Waals surface area contributed by atoms with E-state index in [0.717, 1.165) is 11.4 Å². The van der Waals surface area contributed by atoms with Crippen molar-refractivity contribution in [2.45, 2.75) is 18.4 Å². The number of aromatic nitrogens is 1. The Hall–Kier alpha value is -1.59. The van der Waals surface area contributed by atoms with Gasteiger partial charge >= 0.3 is 0 Å². The van der Waals surface area contributed by atoms with Crippen LogP contribution in [0.3, 0.4) is 0 Å². The lowest BCUT2D eigenvalue weighted by atomic mass is 10.2. The van der Waals surface area contributed by atoms with Gasteiger partial charge in [0.25, 0.3) is 0 Å². The van der Waals surface area contributed by atoms with Crippen molar-refractivity contribution >= 4 is 11.8 Å². The lowest BCUT2D eigenvalue weighted by Crippen LogP contribution is -2.13. The number of halogens is 1. The van der Waals surface area contributed by atoms with Crippen LogP contribution in [0, 0.1) is 5.82 Å². The van der Waals surface area contributed by atoms with E-state index in [4.69, 9.17) is 4.74 Å². The van der Waals surface area contributed by atoms with Crippen LogP contribution < -0.4 is 10.1 Å². The second-order valence-electron chi connectivity index (χ2n) is 4.18. The van der Waals surface area contributed by atoms with Gasteiger partial charge in [-0.25, -0.2) is 9.37 Å². The van der Waals surface area contributed by atoms with E-state index in [-0.39, 0.29) is 5.82 Å². The van der Waals surface area contributed by atoms with Gasteiger partial charge < -0.3 is 10.1 Å². The van der Waals surface area contributed by atoms with Gasteiger partial charge in [0.15, 0.2) is 0 Å². The van der Waals surface area contributed by atoms with Crippen LogP contribution in [-0.2, 0) is 6.54 Å². The quantitative estimate of drug-likeness (QED) is 0.820. The van der Waals surface area contributed by atoms with E-state index in [9.17, 15) is 4.39 Å². The Morgan fingerprint density at radius 2 is 2.05 bits per heavy atom. The SMILES string of the molecule is CCNCc1cc(F)cnc1Oc1ccc(SC)cc1.